The highest BCUT2D eigenvalue weighted by molar-refractivity contribution is 6.30. The van der Waals surface area contributed by atoms with Gasteiger partial charge in [0.15, 0.2) is 0 Å². The van der Waals surface area contributed by atoms with Crippen molar-refractivity contribution < 1.29 is 4.79 Å². The SMILES string of the molecule is CC1(C)CN([C@H]2CC[C@H](N/C=C(\C(=N)Nc3ccc(Cl)cc3)C(N)=O)[C@@H](CC#N)C2)C1. The lowest BCUT2D eigenvalue weighted by molar-refractivity contribution is -0.114. The number of amides is 1. The summed E-state index contributed by atoms with van der Waals surface area (Å²) in [6.45, 7) is 6.78. The molecule has 2 aliphatic rings. The van der Waals surface area contributed by atoms with E-state index in [4.69, 9.17) is 22.7 Å². The molecule has 1 amide bonds. The molecule has 0 aromatic heterocycles. The Hall–Kier alpha value is -2.56. The van der Waals surface area contributed by atoms with Crippen molar-refractivity contribution in [2.45, 2.75) is 51.6 Å². The summed E-state index contributed by atoms with van der Waals surface area (Å²) in [6.07, 6.45) is 4.91. The highest BCUT2D eigenvalue weighted by atomic mass is 35.5. The number of halogens is 1. The third-order valence-corrected chi connectivity index (χ3v) is 6.43. The molecule has 0 bridgehead atoms. The van der Waals surface area contributed by atoms with E-state index in [-0.39, 0.29) is 23.4 Å². The van der Waals surface area contributed by atoms with E-state index in [9.17, 15) is 10.1 Å². The van der Waals surface area contributed by atoms with Crippen LogP contribution in [-0.4, -0.2) is 41.8 Å². The van der Waals surface area contributed by atoms with Gasteiger partial charge in [0.25, 0.3) is 5.91 Å². The number of rotatable bonds is 7. The number of nitrogens with zero attached hydrogens (tertiary/aromatic N) is 2. The van der Waals surface area contributed by atoms with Crippen LogP contribution in [0.25, 0.3) is 0 Å². The van der Waals surface area contributed by atoms with Crippen LogP contribution in [-0.2, 0) is 4.79 Å². The van der Waals surface area contributed by atoms with Crippen molar-refractivity contribution in [1.82, 2.24) is 10.2 Å². The molecule has 0 radical (unpaired) electrons. The number of likely N-dealkylation sites (tertiary alicyclic amines) is 1. The second kappa shape index (κ2) is 9.71. The van der Waals surface area contributed by atoms with Crippen LogP contribution in [0.1, 0.15) is 39.5 Å². The largest absolute Gasteiger partial charge is 0.387 e. The molecule has 1 saturated heterocycles. The van der Waals surface area contributed by atoms with Crippen molar-refractivity contribution >= 4 is 29.0 Å². The zero-order chi connectivity index (χ0) is 22.6. The number of benzene rings is 1. The predicted octanol–water partition coefficient (Wildman–Crippen LogP) is 3.48. The van der Waals surface area contributed by atoms with Gasteiger partial charge in [0, 0.05) is 48.5 Å². The summed E-state index contributed by atoms with van der Waals surface area (Å²) in [4.78, 5) is 14.5. The highest BCUT2D eigenvalue weighted by Gasteiger charge is 2.41. The van der Waals surface area contributed by atoms with Gasteiger partial charge in [-0.3, -0.25) is 15.1 Å². The van der Waals surface area contributed by atoms with Crippen LogP contribution in [0.4, 0.5) is 5.69 Å². The lowest BCUT2D eigenvalue weighted by Crippen LogP contribution is -2.59. The summed E-state index contributed by atoms with van der Waals surface area (Å²) in [5, 5.41) is 24.3. The Kier molecular flexibility index (Phi) is 7.24. The smallest absolute Gasteiger partial charge is 0.253 e. The molecule has 8 heteroatoms. The quantitative estimate of drug-likeness (QED) is 0.293. The van der Waals surface area contributed by atoms with E-state index in [1.165, 1.54) is 6.20 Å². The monoisotopic (exact) mass is 442 g/mol. The van der Waals surface area contributed by atoms with Crippen LogP contribution in [0.15, 0.2) is 36.0 Å². The van der Waals surface area contributed by atoms with Crippen molar-refractivity contribution in [3.63, 3.8) is 0 Å². The van der Waals surface area contributed by atoms with E-state index in [1.807, 2.05) is 0 Å². The number of nitriles is 1. The van der Waals surface area contributed by atoms with E-state index in [1.54, 1.807) is 24.3 Å². The van der Waals surface area contributed by atoms with E-state index >= 15 is 0 Å². The van der Waals surface area contributed by atoms with Gasteiger partial charge >= 0.3 is 0 Å². The Balaban J connectivity index is 1.63. The van der Waals surface area contributed by atoms with Gasteiger partial charge in [-0.05, 0) is 54.9 Å². The fourth-order valence-electron chi connectivity index (χ4n) is 4.65. The lowest BCUT2D eigenvalue weighted by Gasteiger charge is -2.52. The zero-order valence-corrected chi connectivity index (χ0v) is 18.9. The average Bonchev–Trinajstić information content (AvgIpc) is 2.69. The van der Waals surface area contributed by atoms with Crippen molar-refractivity contribution in [3.8, 4) is 6.07 Å². The first-order valence-electron chi connectivity index (χ1n) is 10.7. The lowest BCUT2D eigenvalue weighted by atomic mass is 9.75. The van der Waals surface area contributed by atoms with E-state index in [0.29, 0.717) is 28.6 Å². The number of anilines is 1. The molecule has 7 nitrogen and oxygen atoms in total. The third-order valence-electron chi connectivity index (χ3n) is 6.18. The average molecular weight is 443 g/mol. The summed E-state index contributed by atoms with van der Waals surface area (Å²) < 4.78 is 0. The fourth-order valence-corrected chi connectivity index (χ4v) is 4.77. The molecule has 166 valence electrons. The van der Waals surface area contributed by atoms with Gasteiger partial charge < -0.3 is 16.4 Å². The Labute approximate surface area is 189 Å². The molecule has 2 fully saturated rings. The highest BCUT2D eigenvalue weighted by Crippen LogP contribution is 2.37. The first-order chi connectivity index (χ1) is 14.7. The third kappa shape index (κ3) is 5.99. The number of nitrogens with two attached hydrogens (primary N) is 1. The van der Waals surface area contributed by atoms with Gasteiger partial charge in [0.1, 0.15) is 5.84 Å². The Morgan fingerprint density at radius 1 is 1.35 bits per heavy atom. The Morgan fingerprint density at radius 3 is 2.61 bits per heavy atom. The molecule has 0 unspecified atom stereocenters. The Morgan fingerprint density at radius 2 is 2.03 bits per heavy atom. The minimum absolute atomic E-state index is 0.0669. The van der Waals surface area contributed by atoms with Gasteiger partial charge in [-0.2, -0.15) is 5.26 Å². The molecule has 1 aromatic carbocycles. The maximum atomic E-state index is 12.0. The second-order valence-corrected chi connectivity index (χ2v) is 9.80. The molecule has 1 aliphatic carbocycles. The maximum Gasteiger partial charge on any atom is 0.253 e. The number of hydrogen-bond acceptors (Lipinski definition) is 5. The van der Waals surface area contributed by atoms with Gasteiger partial charge in [-0.1, -0.05) is 25.4 Å². The maximum absolute atomic E-state index is 12.0. The van der Waals surface area contributed by atoms with E-state index in [0.717, 1.165) is 32.4 Å². The molecule has 31 heavy (non-hydrogen) atoms. The zero-order valence-electron chi connectivity index (χ0n) is 18.1. The summed E-state index contributed by atoms with van der Waals surface area (Å²) in [5.41, 5.74) is 6.62. The van der Waals surface area contributed by atoms with Crippen LogP contribution in [0, 0.1) is 28.1 Å². The first kappa shape index (κ1) is 23.1. The number of carbonyl (C=O) groups excluding carboxylic acids is 1. The summed E-state index contributed by atoms with van der Waals surface area (Å²) in [5.74, 6) is -0.584. The molecule has 1 aliphatic heterocycles. The molecule has 3 atom stereocenters. The van der Waals surface area contributed by atoms with E-state index in [2.05, 4.69) is 35.5 Å². The van der Waals surface area contributed by atoms with Crippen molar-refractivity contribution in [2.75, 3.05) is 18.4 Å². The van der Waals surface area contributed by atoms with Crippen molar-refractivity contribution in [3.05, 3.63) is 41.1 Å². The first-order valence-corrected chi connectivity index (χ1v) is 11.0. The standard InChI is InChI=1S/C23H31ClN6O/c1-23(2)13-30(14-23)18-7-8-20(15(11-18)9-10-25)28-12-19(22(27)31)21(26)29-17-5-3-16(24)4-6-17/h3-6,12,15,18,20,28H,7-9,11,13-14H2,1-2H3,(H2,26,29)(H2,27,31)/b19-12+/t15-,18-,20-/m0/s1. The normalized spacial score (nSPS) is 25.7. The second-order valence-electron chi connectivity index (χ2n) is 9.36. The van der Waals surface area contributed by atoms with Gasteiger partial charge in [-0.15, -0.1) is 0 Å². The molecule has 1 saturated carbocycles. The number of hydrogen-bond donors (Lipinski definition) is 4. The van der Waals surface area contributed by atoms with Crippen molar-refractivity contribution in [2.24, 2.45) is 17.1 Å². The summed E-state index contributed by atoms with van der Waals surface area (Å²) >= 11 is 5.89. The number of carbonyl (C=O) groups is 1. The number of nitrogens with one attached hydrogen (secondary N) is 3. The topological polar surface area (TPSA) is 118 Å². The van der Waals surface area contributed by atoms with Crippen molar-refractivity contribution in [1.29, 1.82) is 10.7 Å². The van der Waals surface area contributed by atoms with Crippen LogP contribution in [0.5, 0.6) is 0 Å². The molecule has 3 rings (SSSR count). The van der Waals surface area contributed by atoms with Crippen LogP contribution in [0.2, 0.25) is 5.02 Å². The van der Waals surface area contributed by atoms with Crippen LogP contribution < -0.4 is 16.4 Å². The molecule has 5 N–H and O–H groups in total. The fraction of sp³-hybridized carbons (Fsp3) is 0.522. The van der Waals surface area contributed by atoms with Crippen LogP contribution in [0.3, 0.4) is 0 Å². The van der Waals surface area contributed by atoms with Gasteiger partial charge in [-0.25, -0.2) is 0 Å². The minimum atomic E-state index is -0.688. The summed E-state index contributed by atoms with van der Waals surface area (Å²) in [7, 11) is 0. The Bertz CT molecular complexity index is 880. The predicted molar refractivity (Wildman–Crippen MR) is 124 cm³/mol. The summed E-state index contributed by atoms with van der Waals surface area (Å²) in [6, 6.07) is 9.75. The molecular weight excluding hydrogens is 412 g/mol. The van der Waals surface area contributed by atoms with Crippen LogP contribution >= 0.6 is 11.6 Å². The molecule has 1 heterocycles. The van der Waals surface area contributed by atoms with Gasteiger partial charge in [0.05, 0.1) is 11.6 Å². The minimum Gasteiger partial charge on any atom is -0.387 e. The molecule has 0 spiro atoms. The van der Waals surface area contributed by atoms with Gasteiger partial charge in [0.2, 0.25) is 0 Å². The number of amidine groups is 1. The molecule has 1 aromatic rings. The molecular formula is C23H31ClN6O. The van der Waals surface area contributed by atoms with E-state index < -0.39 is 5.91 Å². The number of primary amides is 1.